The van der Waals surface area contributed by atoms with Crippen molar-refractivity contribution in [2.24, 2.45) is 0 Å². The van der Waals surface area contributed by atoms with Gasteiger partial charge in [-0.3, -0.25) is 4.79 Å². The first-order valence-electron chi connectivity index (χ1n) is 7.83. The first kappa shape index (κ1) is 14.5. The lowest BCUT2D eigenvalue weighted by Gasteiger charge is -2.07. The standard InChI is InChI=1S/C19H17N3O2/c1-12-18(13(2)24-21-12)15-10-17-16(20-19(15)23)8-9-22(17)11-14-6-4-3-5-7-14/h3-10H,11H2,1-2H3,(H,20,23). The number of nitrogens with one attached hydrogen (secondary N) is 1. The Morgan fingerprint density at radius 3 is 2.67 bits per heavy atom. The molecule has 1 N–H and O–H groups in total. The summed E-state index contributed by atoms with van der Waals surface area (Å²) in [5, 5.41) is 3.96. The van der Waals surface area contributed by atoms with Gasteiger partial charge in [0.15, 0.2) is 0 Å². The van der Waals surface area contributed by atoms with Crippen LogP contribution in [-0.2, 0) is 6.54 Å². The van der Waals surface area contributed by atoms with E-state index in [-0.39, 0.29) is 5.56 Å². The normalized spacial score (nSPS) is 11.2. The molecule has 0 atom stereocenters. The average molecular weight is 319 g/mol. The van der Waals surface area contributed by atoms with Crippen molar-refractivity contribution in [1.82, 2.24) is 14.7 Å². The molecule has 0 saturated heterocycles. The summed E-state index contributed by atoms with van der Waals surface area (Å²) in [6, 6.07) is 14.1. The Hall–Kier alpha value is -3.08. The molecule has 4 rings (SSSR count). The maximum absolute atomic E-state index is 12.5. The smallest absolute Gasteiger partial charge is 0.256 e. The molecule has 0 saturated carbocycles. The maximum Gasteiger partial charge on any atom is 0.256 e. The van der Waals surface area contributed by atoms with Gasteiger partial charge in [-0.05, 0) is 31.5 Å². The van der Waals surface area contributed by atoms with E-state index in [1.54, 1.807) is 0 Å². The molecule has 0 fully saturated rings. The predicted molar refractivity (Wildman–Crippen MR) is 93.1 cm³/mol. The number of hydrogen-bond donors (Lipinski definition) is 1. The summed E-state index contributed by atoms with van der Waals surface area (Å²) in [6.45, 7) is 4.41. The molecule has 0 aliphatic carbocycles. The van der Waals surface area contributed by atoms with Crippen molar-refractivity contribution in [1.29, 1.82) is 0 Å². The van der Waals surface area contributed by atoms with Crippen LogP contribution in [0.3, 0.4) is 0 Å². The summed E-state index contributed by atoms with van der Waals surface area (Å²) >= 11 is 0. The number of aromatic amines is 1. The third-order valence-electron chi connectivity index (χ3n) is 4.28. The average Bonchev–Trinajstić information content (AvgIpc) is 3.11. The molecule has 120 valence electrons. The van der Waals surface area contributed by atoms with Gasteiger partial charge in [0.1, 0.15) is 5.76 Å². The highest BCUT2D eigenvalue weighted by atomic mass is 16.5. The van der Waals surface area contributed by atoms with Gasteiger partial charge in [0.2, 0.25) is 0 Å². The van der Waals surface area contributed by atoms with Crippen LogP contribution in [0, 0.1) is 13.8 Å². The lowest BCUT2D eigenvalue weighted by Crippen LogP contribution is -2.10. The summed E-state index contributed by atoms with van der Waals surface area (Å²) in [5.74, 6) is 0.651. The van der Waals surface area contributed by atoms with Crippen molar-refractivity contribution in [3.63, 3.8) is 0 Å². The van der Waals surface area contributed by atoms with Crippen molar-refractivity contribution >= 4 is 11.0 Å². The summed E-state index contributed by atoms with van der Waals surface area (Å²) < 4.78 is 7.34. The molecule has 5 nitrogen and oxygen atoms in total. The minimum absolute atomic E-state index is 0.130. The fourth-order valence-corrected chi connectivity index (χ4v) is 3.11. The number of H-pyrrole nitrogens is 1. The second-order valence-electron chi connectivity index (χ2n) is 5.94. The van der Waals surface area contributed by atoms with Gasteiger partial charge >= 0.3 is 0 Å². The fraction of sp³-hybridized carbons (Fsp3) is 0.158. The van der Waals surface area contributed by atoms with E-state index in [2.05, 4.69) is 26.8 Å². The zero-order chi connectivity index (χ0) is 16.7. The molecule has 3 heterocycles. The molecule has 4 aromatic rings. The van der Waals surface area contributed by atoms with E-state index < -0.39 is 0 Å². The lowest BCUT2D eigenvalue weighted by molar-refractivity contribution is 0.393. The third-order valence-corrected chi connectivity index (χ3v) is 4.28. The second kappa shape index (κ2) is 5.53. The summed E-state index contributed by atoms with van der Waals surface area (Å²) in [7, 11) is 0. The Morgan fingerprint density at radius 2 is 1.96 bits per heavy atom. The molecule has 0 unspecified atom stereocenters. The van der Waals surface area contributed by atoms with Crippen LogP contribution in [0.1, 0.15) is 17.0 Å². The first-order chi connectivity index (χ1) is 11.6. The highest BCUT2D eigenvalue weighted by molar-refractivity contribution is 5.82. The van der Waals surface area contributed by atoms with Crippen LogP contribution < -0.4 is 5.56 Å². The van der Waals surface area contributed by atoms with Crippen molar-refractivity contribution < 1.29 is 4.52 Å². The van der Waals surface area contributed by atoms with Gasteiger partial charge in [-0.2, -0.15) is 0 Å². The van der Waals surface area contributed by atoms with E-state index in [9.17, 15) is 4.79 Å². The van der Waals surface area contributed by atoms with Gasteiger partial charge in [0.05, 0.1) is 27.9 Å². The first-order valence-corrected chi connectivity index (χ1v) is 7.83. The van der Waals surface area contributed by atoms with Crippen molar-refractivity contribution in [3.8, 4) is 11.1 Å². The monoisotopic (exact) mass is 319 g/mol. The van der Waals surface area contributed by atoms with Crippen molar-refractivity contribution in [3.05, 3.63) is 76.0 Å². The molecule has 0 spiro atoms. The van der Waals surface area contributed by atoms with Crippen LogP contribution in [0.4, 0.5) is 0 Å². The predicted octanol–water partition coefficient (Wildman–Crippen LogP) is 3.65. The second-order valence-corrected chi connectivity index (χ2v) is 5.94. The van der Waals surface area contributed by atoms with Gasteiger partial charge in [-0.15, -0.1) is 0 Å². The number of aromatic nitrogens is 3. The zero-order valence-electron chi connectivity index (χ0n) is 13.5. The molecule has 0 bridgehead atoms. The van der Waals surface area contributed by atoms with Gasteiger partial charge in [-0.1, -0.05) is 35.5 Å². The Labute approximate surface area is 138 Å². The highest BCUT2D eigenvalue weighted by Crippen LogP contribution is 2.26. The van der Waals surface area contributed by atoms with Gasteiger partial charge < -0.3 is 14.1 Å². The van der Waals surface area contributed by atoms with E-state index in [0.717, 1.165) is 28.8 Å². The number of hydrogen-bond acceptors (Lipinski definition) is 3. The van der Waals surface area contributed by atoms with Crippen LogP contribution in [0.2, 0.25) is 0 Å². The summed E-state index contributed by atoms with van der Waals surface area (Å²) in [6.07, 6.45) is 1.99. The minimum atomic E-state index is -0.130. The Morgan fingerprint density at radius 1 is 1.17 bits per heavy atom. The lowest BCUT2D eigenvalue weighted by atomic mass is 10.1. The van der Waals surface area contributed by atoms with Crippen LogP contribution in [0.5, 0.6) is 0 Å². The number of benzene rings is 1. The van der Waals surface area contributed by atoms with Gasteiger partial charge in [-0.25, -0.2) is 0 Å². The number of rotatable bonds is 3. The third kappa shape index (κ3) is 2.34. The highest BCUT2D eigenvalue weighted by Gasteiger charge is 2.16. The molecule has 1 aromatic carbocycles. The van der Waals surface area contributed by atoms with Crippen LogP contribution >= 0.6 is 0 Å². The molecular formula is C19H17N3O2. The number of fused-ring (bicyclic) bond motifs is 1. The van der Waals surface area contributed by atoms with Crippen molar-refractivity contribution in [2.75, 3.05) is 0 Å². The van der Waals surface area contributed by atoms with Crippen LogP contribution in [-0.4, -0.2) is 14.7 Å². The Bertz CT molecular complexity index is 1050. The SMILES string of the molecule is Cc1noc(C)c1-c1cc2c(ccn2Cc2ccccc2)[nH]c1=O. The number of pyridine rings is 1. The fourth-order valence-electron chi connectivity index (χ4n) is 3.11. The maximum atomic E-state index is 12.5. The number of nitrogens with zero attached hydrogens (tertiary/aromatic N) is 2. The van der Waals surface area contributed by atoms with Crippen LogP contribution in [0.15, 0.2) is 58.0 Å². The summed E-state index contributed by atoms with van der Waals surface area (Å²) in [4.78, 5) is 15.4. The molecule has 24 heavy (non-hydrogen) atoms. The quantitative estimate of drug-likeness (QED) is 0.627. The molecule has 5 heteroatoms. The van der Waals surface area contributed by atoms with E-state index in [1.165, 1.54) is 5.56 Å². The Balaban J connectivity index is 1.87. The van der Waals surface area contributed by atoms with E-state index >= 15 is 0 Å². The Kier molecular flexibility index (Phi) is 3.34. The largest absolute Gasteiger partial charge is 0.361 e. The molecule has 3 aromatic heterocycles. The molecule has 0 aliphatic heterocycles. The van der Waals surface area contributed by atoms with E-state index in [4.69, 9.17) is 4.52 Å². The van der Waals surface area contributed by atoms with Gasteiger partial charge in [0.25, 0.3) is 5.56 Å². The molecule has 0 radical (unpaired) electrons. The van der Waals surface area contributed by atoms with E-state index in [1.807, 2.05) is 50.4 Å². The number of aryl methyl sites for hydroxylation is 2. The summed E-state index contributed by atoms with van der Waals surface area (Å²) in [5.41, 5.74) is 4.96. The van der Waals surface area contributed by atoms with Crippen molar-refractivity contribution in [2.45, 2.75) is 20.4 Å². The zero-order valence-corrected chi connectivity index (χ0v) is 13.5. The van der Waals surface area contributed by atoms with Crippen LogP contribution in [0.25, 0.3) is 22.2 Å². The molecule has 0 aliphatic rings. The van der Waals surface area contributed by atoms with E-state index in [0.29, 0.717) is 11.3 Å². The minimum Gasteiger partial charge on any atom is -0.361 e. The molecule has 0 amide bonds. The topological polar surface area (TPSA) is 63.8 Å². The molecular weight excluding hydrogens is 302 g/mol. The van der Waals surface area contributed by atoms with Gasteiger partial charge in [0, 0.05) is 12.7 Å².